The van der Waals surface area contributed by atoms with E-state index in [0.717, 1.165) is 19.5 Å². The Bertz CT molecular complexity index is 230. The van der Waals surface area contributed by atoms with Crippen LogP contribution >= 0.6 is 11.8 Å². The molecule has 3 nitrogen and oxygen atoms in total. The van der Waals surface area contributed by atoms with Crippen LogP contribution in [0.4, 0.5) is 0 Å². The van der Waals surface area contributed by atoms with Crippen LogP contribution < -0.4 is 10.6 Å². The summed E-state index contributed by atoms with van der Waals surface area (Å²) in [7, 11) is 0. The third kappa shape index (κ3) is 7.27. The summed E-state index contributed by atoms with van der Waals surface area (Å²) in [5, 5.41) is 7.13. The topological polar surface area (TPSA) is 41.1 Å². The summed E-state index contributed by atoms with van der Waals surface area (Å²) in [6, 6.07) is 0.331. The highest BCUT2D eigenvalue weighted by Crippen LogP contribution is 2.19. The van der Waals surface area contributed by atoms with Gasteiger partial charge in [0.05, 0.1) is 5.75 Å². The Morgan fingerprint density at radius 3 is 2.78 bits per heavy atom. The van der Waals surface area contributed by atoms with E-state index >= 15 is 0 Å². The van der Waals surface area contributed by atoms with Gasteiger partial charge in [0, 0.05) is 11.3 Å². The van der Waals surface area contributed by atoms with Gasteiger partial charge in [-0.3, -0.25) is 4.79 Å². The number of thioether (sulfide) groups is 1. The van der Waals surface area contributed by atoms with Crippen LogP contribution in [0.1, 0.15) is 52.4 Å². The van der Waals surface area contributed by atoms with Gasteiger partial charge in [-0.15, -0.1) is 11.8 Å². The van der Waals surface area contributed by atoms with Crippen LogP contribution in [-0.4, -0.2) is 36.0 Å². The van der Waals surface area contributed by atoms with Crippen LogP contribution in [-0.2, 0) is 4.79 Å². The summed E-state index contributed by atoms with van der Waals surface area (Å²) in [4.78, 5) is 11.8. The van der Waals surface area contributed by atoms with Gasteiger partial charge in [-0.1, -0.05) is 26.2 Å². The van der Waals surface area contributed by atoms with E-state index in [1.165, 1.54) is 32.1 Å². The van der Waals surface area contributed by atoms with Crippen molar-refractivity contribution in [2.24, 2.45) is 0 Å². The molecular weight excluding hydrogens is 244 g/mol. The van der Waals surface area contributed by atoms with E-state index in [9.17, 15) is 4.79 Å². The number of amides is 1. The molecule has 0 saturated carbocycles. The number of hydrogen-bond acceptors (Lipinski definition) is 3. The van der Waals surface area contributed by atoms with Crippen molar-refractivity contribution in [3.63, 3.8) is 0 Å². The van der Waals surface area contributed by atoms with Crippen molar-refractivity contribution in [3.8, 4) is 0 Å². The largest absolute Gasteiger partial charge is 0.353 e. The van der Waals surface area contributed by atoms with Crippen LogP contribution in [0.15, 0.2) is 0 Å². The normalized spacial score (nSPS) is 18.6. The van der Waals surface area contributed by atoms with Crippen molar-refractivity contribution in [1.82, 2.24) is 10.6 Å². The molecular formula is C14H28N2OS. The third-order valence-corrected chi connectivity index (χ3v) is 4.76. The number of nitrogens with one attached hydrogen (secondary N) is 2. The molecule has 1 atom stereocenters. The van der Waals surface area contributed by atoms with Crippen molar-refractivity contribution >= 4 is 17.7 Å². The molecule has 0 spiro atoms. The molecule has 1 rings (SSSR count). The highest BCUT2D eigenvalue weighted by atomic mass is 32.2. The Morgan fingerprint density at radius 1 is 1.39 bits per heavy atom. The van der Waals surface area contributed by atoms with E-state index in [0.29, 0.717) is 17.0 Å². The summed E-state index contributed by atoms with van der Waals surface area (Å²) in [6.45, 7) is 6.53. The average Bonchev–Trinajstić information content (AvgIpc) is 2.38. The maximum absolute atomic E-state index is 11.8. The molecule has 0 aromatic rings. The Morgan fingerprint density at radius 2 is 2.11 bits per heavy atom. The van der Waals surface area contributed by atoms with Crippen molar-refractivity contribution in [3.05, 3.63) is 0 Å². The van der Waals surface area contributed by atoms with Gasteiger partial charge in [0.1, 0.15) is 0 Å². The fourth-order valence-corrected chi connectivity index (χ4v) is 3.28. The summed E-state index contributed by atoms with van der Waals surface area (Å²) >= 11 is 1.82. The molecule has 2 N–H and O–H groups in total. The zero-order valence-corrected chi connectivity index (χ0v) is 12.7. The minimum Gasteiger partial charge on any atom is -0.353 e. The second kappa shape index (κ2) is 9.68. The van der Waals surface area contributed by atoms with Gasteiger partial charge in [-0.25, -0.2) is 0 Å². The maximum atomic E-state index is 11.8. The molecule has 0 bridgehead atoms. The van der Waals surface area contributed by atoms with Gasteiger partial charge < -0.3 is 10.6 Å². The lowest BCUT2D eigenvalue weighted by atomic mass is 10.1. The lowest BCUT2D eigenvalue weighted by Gasteiger charge is -2.22. The number of piperidine rings is 1. The molecule has 0 aromatic heterocycles. The molecule has 1 fully saturated rings. The number of hydrogen-bond donors (Lipinski definition) is 2. The van der Waals surface area contributed by atoms with Crippen molar-refractivity contribution in [2.45, 2.75) is 63.7 Å². The van der Waals surface area contributed by atoms with Crippen LogP contribution in [0.2, 0.25) is 0 Å². The van der Waals surface area contributed by atoms with Gasteiger partial charge >= 0.3 is 0 Å². The Kier molecular flexibility index (Phi) is 8.51. The number of rotatable bonds is 8. The van der Waals surface area contributed by atoms with Gasteiger partial charge in [-0.05, 0) is 39.3 Å². The molecule has 0 aliphatic carbocycles. The predicted molar refractivity (Wildman–Crippen MR) is 80.1 cm³/mol. The molecule has 1 heterocycles. The first-order valence-corrected chi connectivity index (χ1v) is 8.39. The SMILES string of the molecule is CCCCCC(C)NC(=O)CSC1CCNCC1. The van der Waals surface area contributed by atoms with Crippen molar-refractivity contribution < 1.29 is 4.79 Å². The number of carbonyl (C=O) groups excluding carboxylic acids is 1. The minimum atomic E-state index is 0.211. The molecule has 1 aliphatic rings. The van der Waals surface area contributed by atoms with E-state index in [1.807, 2.05) is 11.8 Å². The molecule has 106 valence electrons. The molecule has 1 amide bonds. The van der Waals surface area contributed by atoms with E-state index in [4.69, 9.17) is 0 Å². The van der Waals surface area contributed by atoms with Crippen molar-refractivity contribution in [1.29, 1.82) is 0 Å². The lowest BCUT2D eigenvalue weighted by Crippen LogP contribution is -2.35. The van der Waals surface area contributed by atoms with E-state index < -0.39 is 0 Å². The van der Waals surface area contributed by atoms with Gasteiger partial charge in [-0.2, -0.15) is 0 Å². The summed E-state index contributed by atoms with van der Waals surface area (Å²) in [5.41, 5.74) is 0. The molecule has 18 heavy (non-hydrogen) atoms. The van der Waals surface area contributed by atoms with Crippen LogP contribution in [0.3, 0.4) is 0 Å². The predicted octanol–water partition coefficient (Wildman–Crippen LogP) is 2.56. The molecule has 1 saturated heterocycles. The first-order valence-electron chi connectivity index (χ1n) is 7.34. The monoisotopic (exact) mass is 272 g/mol. The van der Waals surface area contributed by atoms with E-state index in [2.05, 4.69) is 24.5 Å². The number of unbranched alkanes of at least 4 members (excludes halogenated alkanes) is 2. The first kappa shape index (κ1) is 15.8. The highest BCUT2D eigenvalue weighted by Gasteiger charge is 2.15. The second-order valence-electron chi connectivity index (χ2n) is 5.22. The first-order chi connectivity index (χ1) is 8.72. The Labute approximate surface area is 116 Å². The molecule has 4 heteroatoms. The smallest absolute Gasteiger partial charge is 0.230 e. The van der Waals surface area contributed by atoms with Crippen LogP contribution in [0.5, 0.6) is 0 Å². The summed E-state index contributed by atoms with van der Waals surface area (Å²) in [5.74, 6) is 0.838. The third-order valence-electron chi connectivity index (χ3n) is 3.38. The van der Waals surface area contributed by atoms with E-state index in [-0.39, 0.29) is 5.91 Å². The zero-order valence-electron chi connectivity index (χ0n) is 11.8. The summed E-state index contributed by atoms with van der Waals surface area (Å²) < 4.78 is 0. The molecule has 1 aliphatic heterocycles. The molecule has 1 unspecified atom stereocenters. The van der Waals surface area contributed by atoms with Crippen LogP contribution in [0.25, 0.3) is 0 Å². The molecule has 0 radical (unpaired) electrons. The standard InChI is InChI=1S/C14H28N2OS/c1-3-4-5-6-12(2)16-14(17)11-18-13-7-9-15-10-8-13/h12-13,15H,3-11H2,1-2H3,(H,16,17). The second-order valence-corrected chi connectivity index (χ2v) is 6.51. The molecule has 0 aromatic carbocycles. The van der Waals surface area contributed by atoms with Crippen LogP contribution in [0, 0.1) is 0 Å². The highest BCUT2D eigenvalue weighted by molar-refractivity contribution is 8.00. The quantitative estimate of drug-likeness (QED) is 0.667. The van der Waals surface area contributed by atoms with Gasteiger partial charge in [0.15, 0.2) is 0 Å². The van der Waals surface area contributed by atoms with Gasteiger partial charge in [0.2, 0.25) is 5.91 Å². The van der Waals surface area contributed by atoms with Crippen molar-refractivity contribution in [2.75, 3.05) is 18.8 Å². The average molecular weight is 272 g/mol. The fourth-order valence-electron chi connectivity index (χ4n) is 2.24. The Hall–Kier alpha value is -0.220. The minimum absolute atomic E-state index is 0.211. The number of carbonyl (C=O) groups is 1. The zero-order chi connectivity index (χ0) is 13.2. The fraction of sp³-hybridized carbons (Fsp3) is 0.929. The lowest BCUT2D eigenvalue weighted by molar-refractivity contribution is -0.119. The summed E-state index contributed by atoms with van der Waals surface area (Å²) in [6.07, 6.45) is 7.24. The Balaban J connectivity index is 2.05. The maximum Gasteiger partial charge on any atom is 0.230 e. The van der Waals surface area contributed by atoms with Gasteiger partial charge in [0.25, 0.3) is 0 Å². The van der Waals surface area contributed by atoms with E-state index in [1.54, 1.807) is 0 Å².